The monoisotopic (exact) mass is 592 g/mol. The van der Waals surface area contributed by atoms with E-state index >= 15 is 0 Å². The molecule has 0 spiro atoms. The summed E-state index contributed by atoms with van der Waals surface area (Å²) in [4.78, 5) is 31.7. The maximum absolute atomic E-state index is 13.4. The van der Waals surface area contributed by atoms with Crippen LogP contribution in [0, 0.1) is 0 Å². The summed E-state index contributed by atoms with van der Waals surface area (Å²) in [6.07, 6.45) is 2.85. The standard InChI is InChI=1S/C29H27Cl2N3O3.Ni/c1-2-24(29(36)37)32-27(20-9-4-3-5-10-20)21-11-6-7-12-25(21)33-28(35)26-13-8-16-34(26)18-19-14-15-22(30)23(31)17-19;/h2-7,9-12,14-15,17,24,26H,1,8,13,16,18H2,(H2,32,33,35,36,37);/p-1/t24-,26-;/m0./s1. The number of nitrogens with zero attached hydrogens (tertiary/aromatic N) is 3. The van der Waals surface area contributed by atoms with Gasteiger partial charge < -0.3 is 15.2 Å². The number of halogens is 2. The maximum Gasteiger partial charge on any atom is 0.332 e. The molecule has 4 rings (SSSR count). The van der Waals surface area contributed by atoms with E-state index in [1.165, 1.54) is 6.08 Å². The van der Waals surface area contributed by atoms with E-state index in [4.69, 9.17) is 23.2 Å². The first-order valence-corrected chi connectivity index (χ1v) is 12.6. The molecule has 0 aromatic heterocycles. The second-order valence-corrected chi connectivity index (χ2v) is 9.52. The van der Waals surface area contributed by atoms with E-state index in [2.05, 4.69) is 21.8 Å². The SMILES string of the molecule is C=C[C@H](N=C(c1ccccc1)c1ccccc1[N-]C(=O)[C@@H]1CCCN1Cc1ccc(Cl)c(Cl)c1)C(=O)O.[Ni]. The van der Waals surface area contributed by atoms with E-state index in [0.717, 1.165) is 18.5 Å². The Labute approximate surface area is 242 Å². The minimum atomic E-state index is -1.14. The number of hydrogen-bond donors (Lipinski definition) is 1. The number of rotatable bonds is 9. The molecular weight excluding hydrogens is 568 g/mol. The number of aliphatic carboxylic acids is 1. The average Bonchev–Trinajstić information content (AvgIpc) is 3.36. The molecule has 0 bridgehead atoms. The van der Waals surface area contributed by atoms with Crippen LogP contribution in [-0.2, 0) is 32.6 Å². The van der Waals surface area contributed by atoms with Crippen LogP contribution in [-0.4, -0.2) is 46.2 Å². The van der Waals surface area contributed by atoms with Gasteiger partial charge in [-0.25, -0.2) is 4.79 Å². The number of amides is 1. The van der Waals surface area contributed by atoms with Crippen molar-refractivity contribution in [2.45, 2.75) is 31.5 Å². The van der Waals surface area contributed by atoms with Gasteiger partial charge in [-0.1, -0.05) is 89.9 Å². The maximum atomic E-state index is 13.4. The third kappa shape index (κ3) is 7.12. The van der Waals surface area contributed by atoms with Crippen LogP contribution in [0.2, 0.25) is 10.0 Å². The second-order valence-electron chi connectivity index (χ2n) is 8.71. The van der Waals surface area contributed by atoms with Gasteiger partial charge in [0.2, 0.25) is 0 Å². The average molecular weight is 594 g/mol. The first-order valence-electron chi connectivity index (χ1n) is 11.9. The Hall–Kier alpha value is -2.96. The molecule has 38 heavy (non-hydrogen) atoms. The number of carboxylic acids is 1. The number of hydrogen-bond acceptors (Lipinski definition) is 4. The summed E-state index contributed by atoms with van der Waals surface area (Å²) in [5, 5.41) is 15.1. The van der Waals surface area contributed by atoms with Crippen molar-refractivity contribution in [3.05, 3.63) is 118 Å². The molecule has 0 aliphatic carbocycles. The van der Waals surface area contributed by atoms with E-state index in [1.807, 2.05) is 48.5 Å². The quantitative estimate of drug-likeness (QED) is 0.171. The van der Waals surface area contributed by atoms with Crippen molar-refractivity contribution in [2.75, 3.05) is 6.54 Å². The summed E-state index contributed by atoms with van der Waals surface area (Å²) in [6.45, 7) is 4.94. The van der Waals surface area contributed by atoms with Crippen molar-refractivity contribution >= 4 is 46.5 Å². The Morgan fingerprint density at radius 2 is 1.79 bits per heavy atom. The largest absolute Gasteiger partial charge is 0.625 e. The fourth-order valence-corrected chi connectivity index (χ4v) is 4.70. The van der Waals surface area contributed by atoms with Gasteiger partial charge in [0.05, 0.1) is 27.7 Å². The van der Waals surface area contributed by atoms with Gasteiger partial charge in [-0.05, 0) is 42.6 Å². The van der Waals surface area contributed by atoms with E-state index in [9.17, 15) is 14.7 Å². The van der Waals surface area contributed by atoms with Crippen molar-refractivity contribution in [1.82, 2.24) is 4.90 Å². The van der Waals surface area contributed by atoms with E-state index in [1.54, 1.807) is 24.3 Å². The molecule has 3 aromatic rings. The minimum Gasteiger partial charge on any atom is -0.625 e. The van der Waals surface area contributed by atoms with Gasteiger partial charge in [0, 0.05) is 28.6 Å². The minimum absolute atomic E-state index is 0. The number of carbonyl (C=O) groups is 2. The predicted molar refractivity (Wildman–Crippen MR) is 148 cm³/mol. The molecule has 0 saturated carbocycles. The molecule has 1 amide bonds. The van der Waals surface area contributed by atoms with Crippen LogP contribution < -0.4 is 0 Å². The van der Waals surface area contributed by atoms with Crippen molar-refractivity contribution in [3.63, 3.8) is 0 Å². The zero-order valence-corrected chi connectivity index (χ0v) is 22.9. The van der Waals surface area contributed by atoms with Gasteiger partial charge in [0.25, 0.3) is 0 Å². The fourth-order valence-electron chi connectivity index (χ4n) is 4.38. The van der Waals surface area contributed by atoms with Crippen molar-refractivity contribution in [3.8, 4) is 0 Å². The molecule has 1 heterocycles. The summed E-state index contributed by atoms with van der Waals surface area (Å²) >= 11 is 12.2. The molecule has 1 aliphatic heterocycles. The van der Waals surface area contributed by atoms with Crippen molar-refractivity contribution < 1.29 is 31.2 Å². The van der Waals surface area contributed by atoms with Gasteiger partial charge in [-0.2, -0.15) is 0 Å². The molecule has 1 aliphatic rings. The number of likely N-dealkylation sites (tertiary alicyclic amines) is 1. The van der Waals surface area contributed by atoms with Crippen LogP contribution in [0.25, 0.3) is 5.32 Å². The van der Waals surface area contributed by atoms with Gasteiger partial charge >= 0.3 is 5.97 Å². The summed E-state index contributed by atoms with van der Waals surface area (Å²) in [5.41, 5.74) is 3.12. The first kappa shape index (κ1) is 29.6. The third-order valence-corrected chi connectivity index (χ3v) is 6.94. The van der Waals surface area contributed by atoms with Crippen molar-refractivity contribution in [2.24, 2.45) is 4.99 Å². The normalized spacial score (nSPS) is 16.4. The van der Waals surface area contributed by atoms with Crippen molar-refractivity contribution in [1.29, 1.82) is 0 Å². The molecule has 6 nitrogen and oxygen atoms in total. The smallest absolute Gasteiger partial charge is 0.332 e. The number of aliphatic imine (C=N–C) groups is 1. The Kier molecular flexibility index (Phi) is 10.7. The van der Waals surface area contributed by atoms with Gasteiger partial charge in [0.1, 0.15) is 0 Å². The molecule has 1 saturated heterocycles. The zero-order valence-electron chi connectivity index (χ0n) is 20.4. The Morgan fingerprint density at radius 3 is 2.47 bits per heavy atom. The molecule has 0 unspecified atom stereocenters. The molecule has 1 fully saturated rings. The molecule has 200 valence electrons. The van der Waals surface area contributed by atoms with E-state index in [-0.39, 0.29) is 28.4 Å². The van der Waals surface area contributed by atoms with Crippen LogP contribution in [0.4, 0.5) is 5.69 Å². The van der Waals surface area contributed by atoms with E-state index in [0.29, 0.717) is 45.5 Å². The molecule has 1 N–H and O–H groups in total. The molecule has 0 radical (unpaired) electrons. The van der Waals surface area contributed by atoms with Crippen LogP contribution >= 0.6 is 23.2 Å². The zero-order chi connectivity index (χ0) is 26.4. The first-order chi connectivity index (χ1) is 17.9. The number of benzene rings is 3. The van der Waals surface area contributed by atoms with Crippen LogP contribution in [0.3, 0.4) is 0 Å². The van der Waals surface area contributed by atoms with Gasteiger partial charge in [-0.15, -0.1) is 12.3 Å². The Bertz CT molecular complexity index is 1330. The molecule has 9 heteroatoms. The molecule has 2 atom stereocenters. The van der Waals surface area contributed by atoms with E-state index < -0.39 is 12.0 Å². The van der Waals surface area contributed by atoms with Crippen LogP contribution in [0.5, 0.6) is 0 Å². The number of carboxylic acid groups (broad SMARTS) is 1. The van der Waals surface area contributed by atoms with Gasteiger partial charge in [-0.3, -0.25) is 9.89 Å². The fraction of sp³-hybridized carbons (Fsp3) is 0.207. The Balaban J connectivity index is 0.00000400. The summed E-state index contributed by atoms with van der Waals surface area (Å²) in [5.74, 6) is -1.37. The molecule has 3 aromatic carbocycles. The Morgan fingerprint density at radius 1 is 1.08 bits per heavy atom. The second kappa shape index (κ2) is 13.7. The summed E-state index contributed by atoms with van der Waals surface area (Å²) in [7, 11) is 0. The van der Waals surface area contributed by atoms with Crippen LogP contribution in [0.1, 0.15) is 29.5 Å². The summed E-state index contributed by atoms with van der Waals surface area (Å²) < 4.78 is 0. The predicted octanol–water partition coefficient (Wildman–Crippen LogP) is 6.66. The molecular formula is C29H26Cl2N3NiO3-. The summed E-state index contributed by atoms with van der Waals surface area (Å²) in [6, 6.07) is 20.3. The van der Waals surface area contributed by atoms with Crippen LogP contribution in [0.15, 0.2) is 90.4 Å². The number of para-hydroxylation sites is 1. The number of carbonyl (C=O) groups excluding carboxylic acids is 1. The van der Waals surface area contributed by atoms with Gasteiger partial charge in [0.15, 0.2) is 6.04 Å². The third-order valence-electron chi connectivity index (χ3n) is 6.20. The topological polar surface area (TPSA) is 84.1 Å².